The Kier molecular flexibility index (Phi) is 5.25. The molecular weight excluding hydrogens is 288 g/mol. The molecule has 0 aliphatic heterocycles. The number of benzene rings is 2. The minimum Gasteiger partial charge on any atom is -0.506 e. The van der Waals surface area contributed by atoms with Crippen molar-refractivity contribution in [2.75, 3.05) is 13.7 Å². The molecule has 21 heavy (non-hydrogen) atoms. The Balaban J connectivity index is 2.10. The number of rotatable bonds is 6. The van der Waals surface area contributed by atoms with Gasteiger partial charge in [-0.1, -0.05) is 18.2 Å². The van der Waals surface area contributed by atoms with Gasteiger partial charge in [0.2, 0.25) is 0 Å². The molecule has 0 atom stereocenters. The summed E-state index contributed by atoms with van der Waals surface area (Å²) in [7, 11) is 1.62. The number of carbonyl (C=O) groups excluding carboxylic acids is 1. The topological polar surface area (TPSA) is 66.8 Å². The normalized spacial score (nSPS) is 10.4. The van der Waals surface area contributed by atoms with Crippen molar-refractivity contribution in [1.82, 2.24) is 0 Å². The van der Waals surface area contributed by atoms with E-state index < -0.39 is 12.4 Å². The van der Waals surface area contributed by atoms with Crippen LogP contribution in [0, 0.1) is 0 Å². The zero-order chi connectivity index (χ0) is 15.2. The number of Topliss-reactive ketones (excluding diaryl/α,β-unsaturated/α-hetero) is 1. The van der Waals surface area contributed by atoms with Gasteiger partial charge in [-0.3, -0.25) is 4.79 Å². The Morgan fingerprint density at radius 3 is 2.52 bits per heavy atom. The molecular formula is C16H16O4S. The largest absolute Gasteiger partial charge is 0.506 e. The predicted molar refractivity (Wildman–Crippen MR) is 82.1 cm³/mol. The van der Waals surface area contributed by atoms with Crippen LogP contribution >= 0.6 is 11.8 Å². The number of phenolic OH excluding ortho intramolecular Hbond substituents is 1. The molecule has 2 N–H and O–H groups in total. The van der Waals surface area contributed by atoms with Gasteiger partial charge < -0.3 is 14.9 Å². The third-order valence-electron chi connectivity index (χ3n) is 3.00. The van der Waals surface area contributed by atoms with Gasteiger partial charge in [-0.2, -0.15) is 0 Å². The molecule has 0 fully saturated rings. The van der Waals surface area contributed by atoms with E-state index in [1.807, 2.05) is 24.3 Å². The molecule has 2 aromatic rings. The molecule has 0 aromatic heterocycles. The summed E-state index contributed by atoms with van der Waals surface area (Å²) in [4.78, 5) is 12.1. The molecule has 2 rings (SSSR count). The quantitative estimate of drug-likeness (QED) is 0.634. The van der Waals surface area contributed by atoms with Crippen LogP contribution in [0.15, 0.2) is 47.4 Å². The number of phenols is 1. The number of hydrogen-bond acceptors (Lipinski definition) is 5. The molecule has 0 bridgehead atoms. The molecule has 0 unspecified atom stereocenters. The number of thioether (sulfide) groups is 1. The molecule has 0 aliphatic rings. The summed E-state index contributed by atoms with van der Waals surface area (Å²) in [5, 5.41) is 19.0. The van der Waals surface area contributed by atoms with Gasteiger partial charge in [0.1, 0.15) is 18.1 Å². The number of para-hydroxylation sites is 1. The van der Waals surface area contributed by atoms with Gasteiger partial charge in [0.25, 0.3) is 0 Å². The van der Waals surface area contributed by atoms with Gasteiger partial charge >= 0.3 is 0 Å². The van der Waals surface area contributed by atoms with Gasteiger partial charge in [0, 0.05) is 5.75 Å². The third-order valence-corrected chi connectivity index (χ3v) is 4.11. The van der Waals surface area contributed by atoms with E-state index in [-0.39, 0.29) is 11.3 Å². The lowest BCUT2D eigenvalue weighted by Gasteiger charge is -2.08. The SMILES string of the molecule is COc1ccc(CSc2cccc(C(=O)CO)c2O)cc1. The molecule has 0 heterocycles. The highest BCUT2D eigenvalue weighted by Gasteiger charge is 2.13. The molecule has 0 saturated carbocycles. The summed E-state index contributed by atoms with van der Waals surface area (Å²) >= 11 is 1.43. The minimum absolute atomic E-state index is 0.0740. The summed E-state index contributed by atoms with van der Waals surface area (Å²) < 4.78 is 5.10. The van der Waals surface area contributed by atoms with Crippen LogP contribution in [0.3, 0.4) is 0 Å². The van der Waals surface area contributed by atoms with Crippen molar-refractivity contribution >= 4 is 17.5 Å². The Hall–Kier alpha value is -1.98. The predicted octanol–water partition coefficient (Wildman–Crippen LogP) is 2.87. The van der Waals surface area contributed by atoms with Crippen LogP contribution < -0.4 is 4.74 Å². The first-order valence-corrected chi connectivity index (χ1v) is 7.36. The van der Waals surface area contributed by atoms with Crippen molar-refractivity contribution in [3.05, 3.63) is 53.6 Å². The van der Waals surface area contributed by atoms with Crippen LogP contribution in [0.5, 0.6) is 11.5 Å². The number of methoxy groups -OCH3 is 1. The van der Waals surface area contributed by atoms with Crippen molar-refractivity contribution in [2.45, 2.75) is 10.6 Å². The summed E-state index contributed by atoms with van der Waals surface area (Å²) in [6, 6.07) is 12.6. The summed E-state index contributed by atoms with van der Waals surface area (Å²) in [5.74, 6) is 0.894. The Labute approximate surface area is 127 Å². The first-order chi connectivity index (χ1) is 10.2. The van der Waals surface area contributed by atoms with Crippen LogP contribution in [0.1, 0.15) is 15.9 Å². The maximum atomic E-state index is 11.5. The summed E-state index contributed by atoms with van der Waals surface area (Å²) in [6.07, 6.45) is 0. The lowest BCUT2D eigenvalue weighted by atomic mass is 10.1. The van der Waals surface area contributed by atoms with Gasteiger partial charge in [-0.05, 0) is 29.8 Å². The highest BCUT2D eigenvalue weighted by Crippen LogP contribution is 2.33. The van der Waals surface area contributed by atoms with E-state index in [1.54, 1.807) is 19.2 Å². The number of aromatic hydroxyl groups is 1. The van der Waals surface area contributed by atoms with Crippen molar-refractivity contribution in [2.24, 2.45) is 0 Å². The van der Waals surface area contributed by atoms with Crippen molar-refractivity contribution in [3.8, 4) is 11.5 Å². The van der Waals surface area contributed by atoms with Crippen LogP contribution in [-0.4, -0.2) is 29.7 Å². The van der Waals surface area contributed by atoms with Crippen molar-refractivity contribution < 1.29 is 19.7 Å². The molecule has 0 spiro atoms. The zero-order valence-corrected chi connectivity index (χ0v) is 12.4. The number of ether oxygens (including phenoxy) is 1. The average molecular weight is 304 g/mol. The summed E-state index contributed by atoms with van der Waals surface area (Å²) in [5.41, 5.74) is 1.23. The molecule has 2 aromatic carbocycles. The molecule has 110 valence electrons. The average Bonchev–Trinajstić information content (AvgIpc) is 2.53. The van der Waals surface area contributed by atoms with E-state index in [0.29, 0.717) is 10.6 Å². The van der Waals surface area contributed by atoms with Crippen LogP contribution in [0.4, 0.5) is 0 Å². The van der Waals surface area contributed by atoms with Gasteiger partial charge in [-0.15, -0.1) is 11.8 Å². The molecule has 4 nitrogen and oxygen atoms in total. The molecule has 5 heteroatoms. The van der Waals surface area contributed by atoms with E-state index in [9.17, 15) is 9.90 Å². The second-order valence-corrected chi connectivity index (χ2v) is 5.39. The van der Waals surface area contributed by atoms with Crippen LogP contribution in [0.2, 0.25) is 0 Å². The van der Waals surface area contributed by atoms with Crippen molar-refractivity contribution in [1.29, 1.82) is 0 Å². The third kappa shape index (κ3) is 3.77. The lowest BCUT2D eigenvalue weighted by molar-refractivity contribution is 0.0900. The second kappa shape index (κ2) is 7.15. The fraction of sp³-hybridized carbons (Fsp3) is 0.188. The molecule has 0 amide bonds. The van der Waals surface area contributed by atoms with E-state index in [1.165, 1.54) is 17.8 Å². The summed E-state index contributed by atoms with van der Waals surface area (Å²) in [6.45, 7) is -0.611. The fourth-order valence-corrected chi connectivity index (χ4v) is 2.77. The smallest absolute Gasteiger partial charge is 0.191 e. The first kappa shape index (κ1) is 15.4. The maximum absolute atomic E-state index is 11.5. The van der Waals surface area contributed by atoms with E-state index >= 15 is 0 Å². The van der Waals surface area contributed by atoms with Gasteiger partial charge in [-0.25, -0.2) is 0 Å². The fourth-order valence-electron chi connectivity index (χ4n) is 1.83. The van der Waals surface area contributed by atoms with Gasteiger partial charge in [0.05, 0.1) is 17.6 Å². The zero-order valence-electron chi connectivity index (χ0n) is 11.6. The lowest BCUT2D eigenvalue weighted by Crippen LogP contribution is -2.04. The van der Waals surface area contributed by atoms with Gasteiger partial charge in [0.15, 0.2) is 5.78 Å². The molecule has 0 aliphatic carbocycles. The molecule has 0 radical (unpaired) electrons. The highest BCUT2D eigenvalue weighted by molar-refractivity contribution is 7.98. The standard InChI is InChI=1S/C16H16O4S/c1-20-12-7-5-11(6-8-12)10-21-15-4-2-3-13(16(15)19)14(18)9-17/h2-8,17,19H,9-10H2,1H3. The minimum atomic E-state index is -0.611. The monoisotopic (exact) mass is 304 g/mol. The molecule has 0 saturated heterocycles. The van der Waals surface area contributed by atoms with Crippen LogP contribution in [0.25, 0.3) is 0 Å². The number of carbonyl (C=O) groups is 1. The first-order valence-electron chi connectivity index (χ1n) is 6.37. The number of hydrogen-bond donors (Lipinski definition) is 2. The number of ketones is 1. The van der Waals surface area contributed by atoms with Crippen LogP contribution in [-0.2, 0) is 5.75 Å². The second-order valence-electron chi connectivity index (χ2n) is 4.37. The number of aliphatic hydroxyl groups excluding tert-OH is 1. The van der Waals surface area contributed by atoms with E-state index in [2.05, 4.69) is 0 Å². The van der Waals surface area contributed by atoms with E-state index in [0.717, 1.165) is 11.3 Å². The van der Waals surface area contributed by atoms with E-state index in [4.69, 9.17) is 9.84 Å². The number of aliphatic hydroxyl groups is 1. The Morgan fingerprint density at radius 2 is 1.90 bits per heavy atom. The Morgan fingerprint density at radius 1 is 1.19 bits per heavy atom. The van der Waals surface area contributed by atoms with Crippen molar-refractivity contribution in [3.63, 3.8) is 0 Å². The maximum Gasteiger partial charge on any atom is 0.191 e. The highest BCUT2D eigenvalue weighted by atomic mass is 32.2. The Bertz CT molecular complexity index is 623.